The molecule has 4 nitrogen and oxygen atoms in total. The van der Waals surface area contributed by atoms with Gasteiger partial charge in [0.1, 0.15) is 5.75 Å². The normalized spacial score (nSPS) is 11.9. The van der Waals surface area contributed by atoms with Crippen LogP contribution >= 0.6 is 0 Å². The van der Waals surface area contributed by atoms with Crippen LogP contribution in [0.1, 0.15) is 31.4 Å². The maximum atomic E-state index is 10.9. The van der Waals surface area contributed by atoms with Crippen molar-refractivity contribution >= 4 is 5.97 Å². The Labute approximate surface area is 108 Å². The van der Waals surface area contributed by atoms with E-state index in [2.05, 4.69) is 23.0 Å². The molecule has 0 aromatic heterocycles. The predicted octanol–water partition coefficient (Wildman–Crippen LogP) is 2.30. The largest absolute Gasteiger partial charge is 0.497 e. The summed E-state index contributed by atoms with van der Waals surface area (Å²) in [5.74, 6) is 0.696. The molecular weight excluding hydrogens is 230 g/mol. The van der Waals surface area contributed by atoms with E-state index >= 15 is 0 Å². The van der Waals surface area contributed by atoms with Gasteiger partial charge in [-0.05, 0) is 37.6 Å². The molecule has 1 atom stereocenters. The molecule has 18 heavy (non-hydrogen) atoms. The van der Waals surface area contributed by atoms with E-state index in [1.807, 2.05) is 18.2 Å². The SMILES string of the molecule is COC(=O)CCCNC(C)c1cccc(OC)c1. The Morgan fingerprint density at radius 3 is 2.83 bits per heavy atom. The predicted molar refractivity (Wildman–Crippen MR) is 70.7 cm³/mol. The number of carbonyl (C=O) groups excluding carboxylic acids is 1. The topological polar surface area (TPSA) is 47.6 Å². The van der Waals surface area contributed by atoms with Crippen molar-refractivity contribution in [2.45, 2.75) is 25.8 Å². The number of hydrogen-bond donors (Lipinski definition) is 1. The van der Waals surface area contributed by atoms with Crippen LogP contribution in [-0.4, -0.2) is 26.7 Å². The number of esters is 1. The molecule has 0 bridgehead atoms. The molecule has 100 valence electrons. The van der Waals surface area contributed by atoms with Crippen LogP contribution in [0.2, 0.25) is 0 Å². The minimum absolute atomic E-state index is 0.161. The second-order valence-corrected chi connectivity index (χ2v) is 4.13. The van der Waals surface area contributed by atoms with E-state index in [0.29, 0.717) is 6.42 Å². The Bertz CT molecular complexity index is 379. The van der Waals surface area contributed by atoms with Gasteiger partial charge >= 0.3 is 5.97 Å². The van der Waals surface area contributed by atoms with E-state index in [1.54, 1.807) is 7.11 Å². The highest BCUT2D eigenvalue weighted by molar-refractivity contribution is 5.69. The van der Waals surface area contributed by atoms with Crippen LogP contribution in [0.15, 0.2) is 24.3 Å². The van der Waals surface area contributed by atoms with Gasteiger partial charge in [-0.3, -0.25) is 4.79 Å². The van der Waals surface area contributed by atoms with E-state index in [4.69, 9.17) is 4.74 Å². The van der Waals surface area contributed by atoms with Crippen molar-refractivity contribution in [2.75, 3.05) is 20.8 Å². The number of benzene rings is 1. The van der Waals surface area contributed by atoms with Crippen molar-refractivity contribution in [2.24, 2.45) is 0 Å². The number of methoxy groups -OCH3 is 2. The lowest BCUT2D eigenvalue weighted by molar-refractivity contribution is -0.140. The highest BCUT2D eigenvalue weighted by Gasteiger charge is 2.06. The van der Waals surface area contributed by atoms with Crippen molar-refractivity contribution in [3.8, 4) is 5.75 Å². The van der Waals surface area contributed by atoms with Gasteiger partial charge in [-0.15, -0.1) is 0 Å². The molecule has 0 aliphatic carbocycles. The quantitative estimate of drug-likeness (QED) is 0.596. The van der Waals surface area contributed by atoms with Gasteiger partial charge in [-0.1, -0.05) is 12.1 Å². The summed E-state index contributed by atoms with van der Waals surface area (Å²) in [5.41, 5.74) is 1.17. The van der Waals surface area contributed by atoms with Gasteiger partial charge in [0.05, 0.1) is 14.2 Å². The number of ether oxygens (including phenoxy) is 2. The average Bonchev–Trinajstić information content (AvgIpc) is 2.43. The van der Waals surface area contributed by atoms with Crippen molar-refractivity contribution in [1.82, 2.24) is 5.32 Å². The smallest absolute Gasteiger partial charge is 0.305 e. The molecular formula is C14H21NO3. The Morgan fingerprint density at radius 1 is 1.39 bits per heavy atom. The molecule has 0 spiro atoms. The summed E-state index contributed by atoms with van der Waals surface area (Å²) in [6.45, 7) is 2.88. The Morgan fingerprint density at radius 2 is 2.17 bits per heavy atom. The summed E-state index contributed by atoms with van der Waals surface area (Å²) >= 11 is 0. The number of carbonyl (C=O) groups is 1. The summed E-state index contributed by atoms with van der Waals surface area (Å²) in [7, 11) is 3.07. The van der Waals surface area contributed by atoms with E-state index in [1.165, 1.54) is 12.7 Å². The Balaban J connectivity index is 2.35. The van der Waals surface area contributed by atoms with E-state index < -0.39 is 0 Å². The van der Waals surface area contributed by atoms with Gasteiger partial charge in [-0.2, -0.15) is 0 Å². The third-order valence-corrected chi connectivity index (χ3v) is 2.83. The molecule has 1 aromatic rings. The molecule has 0 fully saturated rings. The maximum Gasteiger partial charge on any atom is 0.305 e. The number of nitrogens with one attached hydrogen (secondary N) is 1. The fourth-order valence-corrected chi connectivity index (χ4v) is 1.68. The van der Waals surface area contributed by atoms with E-state index in [9.17, 15) is 4.79 Å². The van der Waals surface area contributed by atoms with Gasteiger partial charge < -0.3 is 14.8 Å². The molecule has 0 aliphatic rings. The van der Waals surface area contributed by atoms with Crippen LogP contribution in [0.4, 0.5) is 0 Å². The maximum absolute atomic E-state index is 10.9. The zero-order valence-corrected chi connectivity index (χ0v) is 11.2. The molecule has 1 rings (SSSR count). The summed E-state index contributed by atoms with van der Waals surface area (Å²) in [6, 6.07) is 8.20. The first-order valence-corrected chi connectivity index (χ1v) is 6.11. The molecule has 0 amide bonds. The molecule has 0 heterocycles. The number of rotatable bonds is 7. The fraction of sp³-hybridized carbons (Fsp3) is 0.500. The van der Waals surface area contributed by atoms with Crippen molar-refractivity contribution in [3.63, 3.8) is 0 Å². The Kier molecular flexibility index (Phi) is 6.22. The van der Waals surface area contributed by atoms with Crippen molar-refractivity contribution < 1.29 is 14.3 Å². The summed E-state index contributed by atoms with van der Waals surface area (Å²) in [5, 5.41) is 3.37. The molecule has 0 radical (unpaired) electrons. The van der Waals surface area contributed by atoms with Crippen LogP contribution in [0.5, 0.6) is 5.75 Å². The molecule has 4 heteroatoms. The van der Waals surface area contributed by atoms with Gasteiger partial charge in [0.15, 0.2) is 0 Å². The molecule has 1 aromatic carbocycles. The highest BCUT2D eigenvalue weighted by Crippen LogP contribution is 2.18. The number of hydrogen-bond acceptors (Lipinski definition) is 4. The lowest BCUT2D eigenvalue weighted by atomic mass is 10.1. The summed E-state index contributed by atoms with van der Waals surface area (Å²) in [4.78, 5) is 10.9. The minimum atomic E-state index is -0.161. The Hall–Kier alpha value is -1.55. The highest BCUT2D eigenvalue weighted by atomic mass is 16.5. The second kappa shape index (κ2) is 7.71. The van der Waals surface area contributed by atoms with E-state index in [0.717, 1.165) is 18.7 Å². The minimum Gasteiger partial charge on any atom is -0.497 e. The van der Waals surface area contributed by atoms with Crippen molar-refractivity contribution in [1.29, 1.82) is 0 Å². The first kappa shape index (κ1) is 14.5. The van der Waals surface area contributed by atoms with Crippen LogP contribution in [-0.2, 0) is 9.53 Å². The molecule has 1 unspecified atom stereocenters. The van der Waals surface area contributed by atoms with Crippen LogP contribution in [0.3, 0.4) is 0 Å². The summed E-state index contributed by atoms with van der Waals surface area (Å²) < 4.78 is 9.78. The lowest BCUT2D eigenvalue weighted by Gasteiger charge is -2.14. The molecule has 1 N–H and O–H groups in total. The van der Waals surface area contributed by atoms with Gasteiger partial charge in [0.2, 0.25) is 0 Å². The van der Waals surface area contributed by atoms with Crippen LogP contribution in [0.25, 0.3) is 0 Å². The fourth-order valence-electron chi connectivity index (χ4n) is 1.68. The molecule has 0 aliphatic heterocycles. The van der Waals surface area contributed by atoms with Gasteiger partial charge in [0, 0.05) is 12.5 Å². The lowest BCUT2D eigenvalue weighted by Crippen LogP contribution is -2.20. The molecule has 0 saturated heterocycles. The monoisotopic (exact) mass is 251 g/mol. The standard InChI is InChI=1S/C14H21NO3/c1-11(15-9-5-8-14(16)18-3)12-6-4-7-13(10-12)17-2/h4,6-7,10-11,15H,5,8-9H2,1-3H3. The summed E-state index contributed by atoms with van der Waals surface area (Å²) in [6.07, 6.45) is 1.23. The van der Waals surface area contributed by atoms with Gasteiger partial charge in [-0.25, -0.2) is 0 Å². The zero-order chi connectivity index (χ0) is 13.4. The van der Waals surface area contributed by atoms with Crippen LogP contribution < -0.4 is 10.1 Å². The van der Waals surface area contributed by atoms with Crippen molar-refractivity contribution in [3.05, 3.63) is 29.8 Å². The first-order valence-electron chi connectivity index (χ1n) is 6.11. The van der Waals surface area contributed by atoms with Gasteiger partial charge in [0.25, 0.3) is 0 Å². The third-order valence-electron chi connectivity index (χ3n) is 2.83. The zero-order valence-electron chi connectivity index (χ0n) is 11.2. The first-order chi connectivity index (χ1) is 8.67. The van der Waals surface area contributed by atoms with Crippen LogP contribution in [0, 0.1) is 0 Å². The average molecular weight is 251 g/mol. The third kappa shape index (κ3) is 4.75. The molecule has 0 saturated carbocycles. The van der Waals surface area contributed by atoms with E-state index in [-0.39, 0.29) is 12.0 Å². The second-order valence-electron chi connectivity index (χ2n) is 4.13.